The highest BCUT2D eigenvalue weighted by atomic mass is 16.2. The zero-order valence-electron chi connectivity index (χ0n) is 10.8. The molecule has 2 rings (SSSR count). The van der Waals surface area contributed by atoms with Gasteiger partial charge >= 0.3 is 6.03 Å². The highest BCUT2D eigenvalue weighted by molar-refractivity contribution is 5.74. The van der Waals surface area contributed by atoms with Crippen LogP contribution in [0.1, 0.15) is 19.8 Å². The molecule has 0 radical (unpaired) electrons. The lowest BCUT2D eigenvalue weighted by Crippen LogP contribution is -2.55. The van der Waals surface area contributed by atoms with Crippen molar-refractivity contribution in [3.8, 4) is 0 Å². The first-order valence-corrected chi connectivity index (χ1v) is 6.70. The molecule has 17 heavy (non-hydrogen) atoms. The van der Waals surface area contributed by atoms with Crippen molar-refractivity contribution < 1.29 is 4.79 Å². The maximum atomic E-state index is 12.2. The Hall–Kier alpha value is -0.810. The first-order chi connectivity index (χ1) is 8.22. The van der Waals surface area contributed by atoms with E-state index in [1.54, 1.807) is 0 Å². The SMILES string of the molecule is CC(CN)N1CCN(C(=O)N2CCCC2)CC1. The maximum Gasteiger partial charge on any atom is 0.320 e. The summed E-state index contributed by atoms with van der Waals surface area (Å²) in [6, 6.07) is 0.668. The topological polar surface area (TPSA) is 52.8 Å². The fraction of sp³-hybridized carbons (Fsp3) is 0.917. The minimum atomic E-state index is 0.238. The summed E-state index contributed by atoms with van der Waals surface area (Å²) in [5.41, 5.74) is 5.67. The van der Waals surface area contributed by atoms with Gasteiger partial charge in [0.1, 0.15) is 0 Å². The van der Waals surface area contributed by atoms with Crippen molar-refractivity contribution >= 4 is 6.03 Å². The Morgan fingerprint density at radius 3 is 2.12 bits per heavy atom. The molecule has 0 aromatic rings. The van der Waals surface area contributed by atoms with Crippen LogP contribution in [0.3, 0.4) is 0 Å². The van der Waals surface area contributed by atoms with E-state index in [9.17, 15) is 4.79 Å². The third-order valence-electron chi connectivity index (χ3n) is 3.93. The van der Waals surface area contributed by atoms with E-state index in [2.05, 4.69) is 11.8 Å². The molecule has 2 aliphatic rings. The molecule has 2 fully saturated rings. The van der Waals surface area contributed by atoms with Gasteiger partial charge in [-0.25, -0.2) is 4.79 Å². The Morgan fingerprint density at radius 1 is 1.06 bits per heavy atom. The molecule has 1 unspecified atom stereocenters. The molecule has 0 saturated carbocycles. The minimum absolute atomic E-state index is 0.238. The molecule has 5 heteroatoms. The smallest absolute Gasteiger partial charge is 0.320 e. The number of nitrogens with two attached hydrogens (primary N) is 1. The van der Waals surface area contributed by atoms with E-state index in [0.29, 0.717) is 12.6 Å². The van der Waals surface area contributed by atoms with Crippen molar-refractivity contribution in [2.45, 2.75) is 25.8 Å². The summed E-state index contributed by atoms with van der Waals surface area (Å²) >= 11 is 0. The van der Waals surface area contributed by atoms with Crippen LogP contribution >= 0.6 is 0 Å². The molecule has 1 atom stereocenters. The number of likely N-dealkylation sites (tertiary alicyclic amines) is 1. The first kappa shape index (κ1) is 12.6. The summed E-state index contributed by atoms with van der Waals surface area (Å²) in [7, 11) is 0. The van der Waals surface area contributed by atoms with E-state index in [-0.39, 0.29) is 6.03 Å². The van der Waals surface area contributed by atoms with Crippen molar-refractivity contribution in [2.24, 2.45) is 5.73 Å². The van der Waals surface area contributed by atoms with Crippen LogP contribution in [0.5, 0.6) is 0 Å². The molecule has 2 heterocycles. The highest BCUT2D eigenvalue weighted by Gasteiger charge is 2.27. The molecule has 2 saturated heterocycles. The predicted molar refractivity (Wildman–Crippen MR) is 67.9 cm³/mol. The Balaban J connectivity index is 1.80. The van der Waals surface area contributed by atoms with Crippen molar-refractivity contribution in [1.82, 2.24) is 14.7 Å². The van der Waals surface area contributed by atoms with Crippen LogP contribution < -0.4 is 5.73 Å². The van der Waals surface area contributed by atoms with E-state index < -0.39 is 0 Å². The quantitative estimate of drug-likeness (QED) is 0.748. The van der Waals surface area contributed by atoms with Gasteiger partial charge in [-0.1, -0.05) is 0 Å². The first-order valence-electron chi connectivity index (χ1n) is 6.70. The van der Waals surface area contributed by atoms with Crippen LogP contribution in [-0.4, -0.2) is 72.6 Å². The Morgan fingerprint density at radius 2 is 1.59 bits per heavy atom. The number of carbonyl (C=O) groups is 1. The van der Waals surface area contributed by atoms with Gasteiger partial charge < -0.3 is 15.5 Å². The number of hydrogen-bond acceptors (Lipinski definition) is 3. The summed E-state index contributed by atoms with van der Waals surface area (Å²) in [6.45, 7) is 8.34. The molecule has 0 aromatic carbocycles. The summed E-state index contributed by atoms with van der Waals surface area (Å²) in [5, 5.41) is 0. The van der Waals surface area contributed by atoms with Gasteiger partial charge in [-0.15, -0.1) is 0 Å². The second kappa shape index (κ2) is 5.69. The van der Waals surface area contributed by atoms with Crippen molar-refractivity contribution in [2.75, 3.05) is 45.8 Å². The highest BCUT2D eigenvalue weighted by Crippen LogP contribution is 2.13. The molecule has 98 valence electrons. The van der Waals surface area contributed by atoms with Crippen molar-refractivity contribution in [1.29, 1.82) is 0 Å². The van der Waals surface area contributed by atoms with E-state index in [1.165, 1.54) is 0 Å². The van der Waals surface area contributed by atoms with Crippen molar-refractivity contribution in [3.05, 3.63) is 0 Å². The van der Waals surface area contributed by atoms with Crippen LogP contribution in [0.4, 0.5) is 4.79 Å². The minimum Gasteiger partial charge on any atom is -0.329 e. The molecule has 0 aromatic heterocycles. The number of nitrogens with zero attached hydrogens (tertiary/aromatic N) is 3. The molecule has 0 spiro atoms. The number of carbonyl (C=O) groups excluding carboxylic acids is 1. The molecule has 2 N–H and O–H groups in total. The van der Waals surface area contributed by atoms with Gasteiger partial charge in [0.25, 0.3) is 0 Å². The molecule has 5 nitrogen and oxygen atoms in total. The standard InChI is InChI=1S/C12H24N4O/c1-11(10-13)14-6-8-16(9-7-14)12(17)15-4-2-3-5-15/h11H,2-10,13H2,1H3. The molecule has 2 aliphatic heterocycles. The van der Waals surface area contributed by atoms with Crippen LogP contribution in [-0.2, 0) is 0 Å². The lowest BCUT2D eigenvalue weighted by atomic mass is 10.2. The van der Waals surface area contributed by atoms with Crippen LogP contribution in [0.25, 0.3) is 0 Å². The van der Waals surface area contributed by atoms with Crippen molar-refractivity contribution in [3.63, 3.8) is 0 Å². The molecule has 2 amide bonds. The summed E-state index contributed by atoms with van der Waals surface area (Å²) in [4.78, 5) is 18.5. The average molecular weight is 240 g/mol. The number of urea groups is 1. The fourth-order valence-electron chi connectivity index (χ4n) is 2.61. The van der Waals surface area contributed by atoms with Gasteiger partial charge in [0, 0.05) is 51.9 Å². The Bertz CT molecular complexity index is 257. The largest absolute Gasteiger partial charge is 0.329 e. The van der Waals surface area contributed by atoms with E-state index in [4.69, 9.17) is 5.73 Å². The molecular formula is C12H24N4O. The lowest BCUT2D eigenvalue weighted by Gasteiger charge is -2.39. The monoisotopic (exact) mass is 240 g/mol. The summed E-state index contributed by atoms with van der Waals surface area (Å²) in [5.74, 6) is 0. The third-order valence-corrected chi connectivity index (χ3v) is 3.93. The van der Waals surface area contributed by atoms with Crippen LogP contribution in [0, 0.1) is 0 Å². The Kier molecular flexibility index (Phi) is 4.23. The second-order valence-corrected chi connectivity index (χ2v) is 5.08. The van der Waals surface area contributed by atoms with Gasteiger partial charge in [0.2, 0.25) is 0 Å². The maximum absolute atomic E-state index is 12.2. The predicted octanol–water partition coefficient (Wildman–Crippen LogP) is 0.167. The van der Waals surface area contributed by atoms with Gasteiger partial charge in [-0.05, 0) is 19.8 Å². The summed E-state index contributed by atoms with van der Waals surface area (Å²) < 4.78 is 0. The second-order valence-electron chi connectivity index (χ2n) is 5.08. The number of hydrogen-bond donors (Lipinski definition) is 1. The molecule has 0 bridgehead atoms. The van der Waals surface area contributed by atoms with Crippen LogP contribution in [0.2, 0.25) is 0 Å². The van der Waals surface area contributed by atoms with E-state index in [1.807, 2.05) is 9.80 Å². The fourth-order valence-corrected chi connectivity index (χ4v) is 2.61. The number of piperazine rings is 1. The number of amides is 2. The number of rotatable bonds is 2. The van der Waals surface area contributed by atoms with Gasteiger partial charge in [0.05, 0.1) is 0 Å². The van der Waals surface area contributed by atoms with Crippen LogP contribution in [0.15, 0.2) is 0 Å². The average Bonchev–Trinajstić information content (AvgIpc) is 2.91. The molecular weight excluding hydrogens is 216 g/mol. The molecule has 0 aliphatic carbocycles. The zero-order chi connectivity index (χ0) is 12.3. The van der Waals surface area contributed by atoms with E-state index in [0.717, 1.165) is 52.1 Å². The van der Waals surface area contributed by atoms with E-state index >= 15 is 0 Å². The summed E-state index contributed by atoms with van der Waals surface area (Å²) in [6.07, 6.45) is 2.33. The normalized spacial score (nSPS) is 24.1. The van der Waals surface area contributed by atoms with Gasteiger partial charge in [-0.2, -0.15) is 0 Å². The lowest BCUT2D eigenvalue weighted by molar-refractivity contribution is 0.101. The van der Waals surface area contributed by atoms with Gasteiger partial charge in [0.15, 0.2) is 0 Å². The third kappa shape index (κ3) is 2.90. The Labute approximate surface area is 104 Å². The zero-order valence-corrected chi connectivity index (χ0v) is 10.8. The van der Waals surface area contributed by atoms with Gasteiger partial charge in [-0.3, -0.25) is 4.90 Å².